The number of ether oxygens (including phenoxy) is 1. The quantitative estimate of drug-likeness (QED) is 0.0847. The highest BCUT2D eigenvalue weighted by atomic mass is 31.3. The molecule has 1 fully saturated rings. The Kier molecular flexibility index (Phi) is 9.63. The van der Waals surface area contributed by atoms with E-state index in [2.05, 4.69) is 36.7 Å². The molecule has 40 heavy (non-hydrogen) atoms. The number of aliphatic hydroxyl groups is 3. The van der Waals surface area contributed by atoms with E-state index in [1.54, 1.807) is 0 Å². The van der Waals surface area contributed by atoms with Crippen molar-refractivity contribution >= 4 is 56.1 Å². The lowest BCUT2D eigenvalue weighted by Gasteiger charge is -2.24. The van der Waals surface area contributed by atoms with Crippen molar-refractivity contribution in [2.75, 3.05) is 5.73 Å². The number of phosphoric acid groups is 5. The topological polar surface area (TPSA) is 392 Å². The van der Waals surface area contributed by atoms with Gasteiger partial charge >= 0.3 is 39.1 Å². The Hall–Kier alpha value is -1.10. The first-order chi connectivity index (χ1) is 18.0. The molecule has 1 aliphatic rings. The molecule has 3 rings (SSSR count). The molecule has 2 aromatic rings. The summed E-state index contributed by atoms with van der Waals surface area (Å²) in [5.41, 5.74) is 5.69. The number of hydrogen-bond acceptors (Lipinski definition) is 18. The van der Waals surface area contributed by atoms with E-state index < -0.39 is 69.9 Å². The Morgan fingerprint density at radius 3 is 1.90 bits per heavy atom. The Labute approximate surface area is 219 Å². The molecule has 0 amide bonds. The van der Waals surface area contributed by atoms with Crippen LogP contribution in [0.5, 0.6) is 0 Å². The molecule has 0 aromatic carbocycles. The van der Waals surface area contributed by atoms with Gasteiger partial charge in [0, 0.05) is 0 Å². The van der Waals surface area contributed by atoms with Crippen LogP contribution in [0, 0.1) is 0 Å². The predicted molar refractivity (Wildman–Crippen MR) is 118 cm³/mol. The van der Waals surface area contributed by atoms with Gasteiger partial charge in [-0.1, -0.05) is 0 Å². The van der Waals surface area contributed by atoms with Crippen molar-refractivity contribution in [2.24, 2.45) is 0 Å². The molecule has 5 unspecified atom stereocenters. The van der Waals surface area contributed by atoms with Crippen molar-refractivity contribution in [3.05, 3.63) is 12.7 Å². The third-order valence-corrected chi connectivity index (χ3v) is 11.4. The largest absolute Gasteiger partial charge is 0.490 e. The standard InChI is InChI=1S/C10H18N5O20P5/c11-7-3-8(13-1-12-7)15(2-14-3)9-5(17)4(16)6(30-9)10(18)31-37(22,23)33-39(26,27)35-40(28,29)34-38(24,25)32-36(19,20)21/h1-2,4-6,9-10,16-18H,(H,22,23)(H,24,25)(H,26,27)(H,28,29)(H2,11,12,13)(H2,19,20,21)/t4-,5+,6-,9+,10?/m0/s1. The normalized spacial score (nSPS) is 28.8. The fourth-order valence-corrected chi connectivity index (χ4v) is 8.91. The SMILES string of the molecule is Nc1ncnc2c1ncn2[C@@H]1O[C@H](C(O)OP(=O)(O)OP(=O)(O)OP(=O)(O)OP(=O)(O)OP(=O)(O)O)[C@@H](O)[C@H]1O. The van der Waals surface area contributed by atoms with Crippen molar-refractivity contribution in [1.82, 2.24) is 19.5 Å². The fraction of sp³-hybridized carbons (Fsp3) is 0.500. The number of nitrogens with zero attached hydrogens (tertiary/aromatic N) is 4. The van der Waals surface area contributed by atoms with Gasteiger partial charge in [0.25, 0.3) is 0 Å². The number of nitrogens with two attached hydrogens (primary N) is 1. The summed E-state index contributed by atoms with van der Waals surface area (Å²) in [6, 6.07) is 0. The monoisotopic (exact) mass is 683 g/mol. The summed E-state index contributed by atoms with van der Waals surface area (Å²) >= 11 is 0. The maximum atomic E-state index is 12.1. The highest BCUT2D eigenvalue weighted by molar-refractivity contribution is 7.71. The van der Waals surface area contributed by atoms with E-state index >= 15 is 0 Å². The average molecular weight is 683 g/mol. The van der Waals surface area contributed by atoms with E-state index in [1.807, 2.05) is 0 Å². The second-order valence-corrected chi connectivity index (χ2v) is 14.8. The highest BCUT2D eigenvalue weighted by Crippen LogP contribution is 2.73. The first-order valence-electron chi connectivity index (χ1n) is 9.55. The molecule has 25 nitrogen and oxygen atoms in total. The molecule has 0 radical (unpaired) electrons. The molecule has 0 bridgehead atoms. The maximum absolute atomic E-state index is 12.1. The smallest absolute Gasteiger partial charge is 0.387 e. The first kappa shape index (κ1) is 33.4. The molecule has 0 spiro atoms. The summed E-state index contributed by atoms with van der Waals surface area (Å²) in [7, 11) is -30.7. The van der Waals surface area contributed by atoms with Crippen molar-refractivity contribution in [1.29, 1.82) is 0 Å². The molecule has 2 aromatic heterocycles. The lowest BCUT2D eigenvalue weighted by atomic mass is 10.1. The Morgan fingerprint density at radius 2 is 1.35 bits per heavy atom. The predicted octanol–water partition coefficient (Wildman–Crippen LogP) is -2.08. The van der Waals surface area contributed by atoms with E-state index in [1.165, 1.54) is 0 Å². The number of rotatable bonds is 12. The van der Waals surface area contributed by atoms with E-state index in [0.717, 1.165) is 17.2 Å². The molecule has 3 heterocycles. The van der Waals surface area contributed by atoms with Gasteiger partial charge in [-0.2, -0.15) is 17.2 Å². The van der Waals surface area contributed by atoms with Gasteiger partial charge in [-0.25, -0.2) is 37.8 Å². The second-order valence-electron chi connectivity index (χ2n) is 7.24. The number of aromatic nitrogens is 4. The van der Waals surface area contributed by atoms with Crippen LogP contribution in [0.15, 0.2) is 12.7 Å². The molecule has 0 aliphatic carbocycles. The van der Waals surface area contributed by atoms with E-state index in [0.29, 0.717) is 0 Å². The molecule has 228 valence electrons. The van der Waals surface area contributed by atoms with E-state index in [9.17, 15) is 52.8 Å². The second kappa shape index (κ2) is 11.5. The van der Waals surface area contributed by atoms with E-state index in [4.69, 9.17) is 25.2 Å². The summed E-state index contributed by atoms with van der Waals surface area (Å²) < 4.78 is 81.5. The lowest BCUT2D eigenvalue weighted by Crippen LogP contribution is -2.39. The number of aliphatic hydroxyl groups excluding tert-OH is 3. The van der Waals surface area contributed by atoms with Crippen LogP contribution < -0.4 is 5.73 Å². The summed E-state index contributed by atoms with van der Waals surface area (Å²) in [6.45, 7) is 0. The van der Waals surface area contributed by atoms with Crippen LogP contribution in [-0.2, 0) is 49.3 Å². The number of phosphoric ester groups is 1. The summed E-state index contributed by atoms with van der Waals surface area (Å²) in [4.78, 5) is 65.8. The Morgan fingerprint density at radius 1 is 0.825 bits per heavy atom. The van der Waals surface area contributed by atoms with Gasteiger partial charge in [0.2, 0.25) is 0 Å². The van der Waals surface area contributed by atoms with Crippen molar-refractivity contribution in [2.45, 2.75) is 30.8 Å². The average Bonchev–Trinajstić information content (AvgIpc) is 3.25. The third-order valence-electron chi connectivity index (χ3n) is 4.29. The minimum Gasteiger partial charge on any atom is -0.387 e. The summed E-state index contributed by atoms with van der Waals surface area (Å²) in [6.07, 6.45) is -8.29. The zero-order valence-corrected chi connectivity index (χ0v) is 23.1. The first-order valence-corrected chi connectivity index (χ1v) is 17.1. The minimum atomic E-state index is -6.34. The summed E-state index contributed by atoms with van der Waals surface area (Å²) in [5, 5.41) is 30.7. The number of anilines is 1. The van der Waals surface area contributed by atoms with Gasteiger partial charge < -0.3 is 55.2 Å². The van der Waals surface area contributed by atoms with Gasteiger partial charge in [0.05, 0.1) is 6.33 Å². The Bertz CT molecular complexity index is 1490. The van der Waals surface area contributed by atoms with Crippen molar-refractivity contribution in [3.8, 4) is 0 Å². The van der Waals surface area contributed by atoms with E-state index in [-0.39, 0.29) is 17.0 Å². The highest BCUT2D eigenvalue weighted by Gasteiger charge is 2.52. The molecule has 1 saturated heterocycles. The molecule has 9 atom stereocenters. The van der Waals surface area contributed by atoms with Crippen LogP contribution in [0.1, 0.15) is 6.23 Å². The van der Waals surface area contributed by atoms with Crippen LogP contribution >= 0.6 is 39.1 Å². The fourth-order valence-electron chi connectivity index (χ4n) is 2.99. The number of fused-ring (bicyclic) bond motifs is 1. The van der Waals surface area contributed by atoms with Crippen molar-refractivity contribution in [3.63, 3.8) is 0 Å². The molecule has 11 N–H and O–H groups in total. The van der Waals surface area contributed by atoms with Gasteiger partial charge in [0.15, 0.2) is 24.0 Å². The van der Waals surface area contributed by atoms with Crippen LogP contribution in [0.3, 0.4) is 0 Å². The zero-order valence-electron chi connectivity index (χ0n) is 18.7. The minimum absolute atomic E-state index is 0.0105. The van der Waals surface area contributed by atoms with Gasteiger partial charge in [0.1, 0.15) is 30.2 Å². The third kappa shape index (κ3) is 8.48. The van der Waals surface area contributed by atoms with Crippen LogP contribution in [0.2, 0.25) is 0 Å². The van der Waals surface area contributed by atoms with Gasteiger partial charge in [-0.3, -0.25) is 9.09 Å². The maximum Gasteiger partial charge on any atom is 0.490 e. The van der Waals surface area contributed by atoms with Crippen LogP contribution in [0.25, 0.3) is 11.2 Å². The van der Waals surface area contributed by atoms with Gasteiger partial charge in [-0.05, 0) is 0 Å². The number of hydrogen-bond donors (Lipinski definition) is 10. The molecule has 30 heteroatoms. The lowest BCUT2D eigenvalue weighted by molar-refractivity contribution is -0.160. The number of nitrogen functional groups attached to an aromatic ring is 1. The molecular formula is C10H18N5O20P5. The molecule has 0 saturated carbocycles. The van der Waals surface area contributed by atoms with Crippen LogP contribution in [-0.4, -0.2) is 88.8 Å². The number of imidazole rings is 1. The summed E-state index contributed by atoms with van der Waals surface area (Å²) in [5.74, 6) is -0.0697. The van der Waals surface area contributed by atoms with Gasteiger partial charge in [-0.15, -0.1) is 0 Å². The molecular weight excluding hydrogens is 665 g/mol. The van der Waals surface area contributed by atoms with Crippen LogP contribution in [0.4, 0.5) is 5.82 Å². The van der Waals surface area contributed by atoms with Crippen molar-refractivity contribution < 1.29 is 94.0 Å². The Balaban J connectivity index is 1.68. The molecule has 1 aliphatic heterocycles. The zero-order chi connectivity index (χ0) is 30.5.